The third kappa shape index (κ3) is 1.56. The lowest BCUT2D eigenvalue weighted by Crippen LogP contribution is -1.87. The zero-order chi connectivity index (χ0) is 8.10. The molecule has 56 valence electrons. The molecule has 0 radical (unpaired) electrons. The second-order valence-electron chi connectivity index (χ2n) is 1.58. The highest BCUT2D eigenvalue weighted by Crippen LogP contribution is 2.19. The second kappa shape index (κ2) is 3.38. The molecule has 0 aliphatic carbocycles. The molecule has 0 saturated heterocycles. The molecule has 1 aromatic heterocycles. The summed E-state index contributed by atoms with van der Waals surface area (Å²) in [7, 11) is 1.43. The molecule has 11 heavy (non-hydrogen) atoms. The Morgan fingerprint density at radius 3 is 2.91 bits per heavy atom. The van der Waals surface area contributed by atoms with E-state index in [0.717, 1.165) is 0 Å². The molecule has 0 atom stereocenters. The molecular formula is C5H5N5O. The van der Waals surface area contributed by atoms with Gasteiger partial charge in [0.05, 0.1) is 7.11 Å². The summed E-state index contributed by atoms with van der Waals surface area (Å²) in [5.41, 5.74) is 8.07. The van der Waals surface area contributed by atoms with Gasteiger partial charge in [0, 0.05) is 17.3 Å². The van der Waals surface area contributed by atoms with Crippen LogP contribution in [0.1, 0.15) is 0 Å². The van der Waals surface area contributed by atoms with Gasteiger partial charge in [0.1, 0.15) is 0 Å². The van der Waals surface area contributed by atoms with Crippen LogP contribution in [0, 0.1) is 0 Å². The Labute approximate surface area is 62.5 Å². The van der Waals surface area contributed by atoms with Crippen LogP contribution in [-0.2, 0) is 0 Å². The third-order valence-corrected chi connectivity index (χ3v) is 0.979. The van der Waals surface area contributed by atoms with Crippen molar-refractivity contribution in [3.63, 3.8) is 0 Å². The SMILES string of the molecule is COc1nccnc1N=[N+]=[N-]. The fourth-order valence-corrected chi connectivity index (χ4v) is 0.573. The highest BCUT2D eigenvalue weighted by Gasteiger charge is 1.99. The summed E-state index contributed by atoms with van der Waals surface area (Å²) in [5.74, 6) is 0.378. The van der Waals surface area contributed by atoms with Gasteiger partial charge in [-0.1, -0.05) is 0 Å². The Morgan fingerprint density at radius 2 is 2.27 bits per heavy atom. The minimum absolute atomic E-state index is 0.150. The molecule has 0 unspecified atom stereocenters. The Balaban J connectivity index is 3.11. The zero-order valence-corrected chi connectivity index (χ0v) is 5.80. The van der Waals surface area contributed by atoms with Crippen LogP contribution in [0.15, 0.2) is 17.5 Å². The van der Waals surface area contributed by atoms with E-state index >= 15 is 0 Å². The molecule has 0 fully saturated rings. The van der Waals surface area contributed by atoms with Gasteiger partial charge in [-0.15, -0.1) is 0 Å². The lowest BCUT2D eigenvalue weighted by Gasteiger charge is -1.97. The summed E-state index contributed by atoms with van der Waals surface area (Å²) in [5, 5.41) is 3.26. The highest BCUT2D eigenvalue weighted by atomic mass is 16.5. The van der Waals surface area contributed by atoms with Crippen LogP contribution in [0.4, 0.5) is 5.82 Å². The van der Waals surface area contributed by atoms with Crippen molar-refractivity contribution in [2.45, 2.75) is 0 Å². The van der Waals surface area contributed by atoms with E-state index in [0.29, 0.717) is 0 Å². The number of nitrogens with zero attached hydrogens (tertiary/aromatic N) is 5. The number of hydrogen-bond acceptors (Lipinski definition) is 4. The summed E-state index contributed by atoms with van der Waals surface area (Å²) in [4.78, 5) is 10.1. The first-order chi connectivity index (χ1) is 5.38. The van der Waals surface area contributed by atoms with Crippen LogP contribution >= 0.6 is 0 Å². The van der Waals surface area contributed by atoms with Crippen molar-refractivity contribution < 1.29 is 4.74 Å². The number of methoxy groups -OCH3 is 1. The Hall–Kier alpha value is -1.81. The number of aromatic nitrogens is 2. The van der Waals surface area contributed by atoms with Crippen molar-refractivity contribution in [2.75, 3.05) is 7.11 Å². The third-order valence-electron chi connectivity index (χ3n) is 0.979. The topological polar surface area (TPSA) is 83.8 Å². The van der Waals surface area contributed by atoms with Gasteiger partial charge in [-0.3, -0.25) is 0 Å². The van der Waals surface area contributed by atoms with E-state index < -0.39 is 0 Å². The highest BCUT2D eigenvalue weighted by molar-refractivity contribution is 5.37. The van der Waals surface area contributed by atoms with Crippen molar-refractivity contribution in [2.24, 2.45) is 5.11 Å². The smallest absolute Gasteiger partial charge is 0.242 e. The van der Waals surface area contributed by atoms with Gasteiger partial charge in [0.25, 0.3) is 0 Å². The molecule has 0 N–H and O–H groups in total. The Kier molecular flexibility index (Phi) is 2.24. The Morgan fingerprint density at radius 1 is 1.55 bits per heavy atom. The van der Waals surface area contributed by atoms with Crippen molar-refractivity contribution in [3.05, 3.63) is 22.8 Å². The van der Waals surface area contributed by atoms with E-state index in [9.17, 15) is 0 Å². The van der Waals surface area contributed by atoms with Crippen LogP contribution < -0.4 is 4.74 Å². The molecule has 6 nitrogen and oxygen atoms in total. The van der Waals surface area contributed by atoms with Gasteiger partial charge < -0.3 is 4.74 Å². The van der Waals surface area contributed by atoms with Gasteiger partial charge in [-0.05, 0) is 10.6 Å². The van der Waals surface area contributed by atoms with Crippen LogP contribution in [0.25, 0.3) is 10.4 Å². The number of azide groups is 1. The largest absolute Gasteiger partial charge is 0.480 e. The van der Waals surface area contributed by atoms with Crippen molar-refractivity contribution in [3.8, 4) is 5.88 Å². The van der Waals surface area contributed by atoms with Crippen LogP contribution in [0.2, 0.25) is 0 Å². The van der Waals surface area contributed by atoms with Crippen LogP contribution in [0.3, 0.4) is 0 Å². The molecule has 0 amide bonds. The van der Waals surface area contributed by atoms with Crippen molar-refractivity contribution in [1.29, 1.82) is 0 Å². The summed E-state index contributed by atoms with van der Waals surface area (Å²) in [6, 6.07) is 0. The first kappa shape index (κ1) is 7.30. The standard InChI is InChI=1S/C5H5N5O/c1-11-5-4(9-10-6)7-2-3-8-5/h2-3H,1H3. The van der Waals surface area contributed by atoms with Crippen LogP contribution in [-0.4, -0.2) is 17.1 Å². The van der Waals surface area contributed by atoms with E-state index in [4.69, 9.17) is 10.3 Å². The molecule has 0 aliphatic heterocycles. The second-order valence-corrected chi connectivity index (χ2v) is 1.58. The minimum atomic E-state index is 0.150. The van der Waals surface area contributed by atoms with Gasteiger partial charge in [0.2, 0.25) is 5.88 Å². The molecule has 0 bridgehead atoms. The average molecular weight is 151 g/mol. The number of hydrogen-bond donors (Lipinski definition) is 0. The van der Waals surface area contributed by atoms with Gasteiger partial charge in [0.15, 0.2) is 5.82 Å². The molecule has 1 heterocycles. The first-order valence-corrected chi connectivity index (χ1v) is 2.78. The molecule has 1 rings (SSSR count). The summed E-state index contributed by atoms with van der Waals surface area (Å²) in [6.07, 6.45) is 2.88. The fourth-order valence-electron chi connectivity index (χ4n) is 0.573. The van der Waals surface area contributed by atoms with E-state index in [1.54, 1.807) is 0 Å². The maximum Gasteiger partial charge on any atom is 0.242 e. The van der Waals surface area contributed by atoms with E-state index in [1.807, 2.05) is 0 Å². The van der Waals surface area contributed by atoms with Crippen LogP contribution in [0.5, 0.6) is 5.88 Å². The molecule has 0 saturated carbocycles. The van der Waals surface area contributed by atoms with Gasteiger partial charge >= 0.3 is 0 Å². The van der Waals surface area contributed by atoms with Gasteiger partial charge in [-0.25, -0.2) is 9.97 Å². The Bertz CT molecular complexity index is 293. The predicted molar refractivity (Wildman–Crippen MR) is 37.4 cm³/mol. The summed E-state index contributed by atoms with van der Waals surface area (Å²) < 4.78 is 4.76. The number of rotatable bonds is 2. The lowest BCUT2D eigenvalue weighted by molar-refractivity contribution is 0.397. The predicted octanol–water partition coefficient (Wildman–Crippen LogP) is 1.43. The maximum absolute atomic E-state index is 8.07. The lowest BCUT2D eigenvalue weighted by atomic mass is 10.6. The monoisotopic (exact) mass is 151 g/mol. The number of ether oxygens (including phenoxy) is 1. The molecular weight excluding hydrogens is 146 g/mol. The first-order valence-electron chi connectivity index (χ1n) is 2.78. The van der Waals surface area contributed by atoms with E-state index in [2.05, 4.69) is 20.0 Å². The molecule has 0 aliphatic rings. The minimum Gasteiger partial charge on any atom is -0.480 e. The fraction of sp³-hybridized carbons (Fsp3) is 0.200. The molecule has 6 heteroatoms. The average Bonchev–Trinajstić information content (AvgIpc) is 2.06. The molecule has 1 aromatic rings. The maximum atomic E-state index is 8.07. The molecule has 0 aromatic carbocycles. The quantitative estimate of drug-likeness (QED) is 0.364. The van der Waals surface area contributed by atoms with Crippen molar-refractivity contribution in [1.82, 2.24) is 9.97 Å². The summed E-state index contributed by atoms with van der Waals surface area (Å²) in [6.45, 7) is 0. The van der Waals surface area contributed by atoms with E-state index in [-0.39, 0.29) is 11.7 Å². The zero-order valence-electron chi connectivity index (χ0n) is 5.80. The van der Waals surface area contributed by atoms with Crippen molar-refractivity contribution >= 4 is 5.82 Å². The van der Waals surface area contributed by atoms with E-state index in [1.165, 1.54) is 19.5 Å². The normalized spacial score (nSPS) is 8.45. The molecule has 0 spiro atoms. The van der Waals surface area contributed by atoms with Gasteiger partial charge in [-0.2, -0.15) is 0 Å². The summed E-state index contributed by atoms with van der Waals surface area (Å²) >= 11 is 0.